The van der Waals surface area contributed by atoms with Gasteiger partial charge in [-0.1, -0.05) is 25.0 Å². The molecule has 28 heavy (non-hydrogen) atoms. The fraction of sp³-hybridized carbons (Fsp3) is 0.524. The summed E-state index contributed by atoms with van der Waals surface area (Å²) in [7, 11) is 1.64. The summed E-state index contributed by atoms with van der Waals surface area (Å²) in [5.41, 5.74) is 0. The minimum atomic E-state index is -0.0597. The number of hydrogen-bond acceptors (Lipinski definition) is 4. The molecule has 0 spiro atoms. The minimum absolute atomic E-state index is 0.0597. The van der Waals surface area contributed by atoms with Crippen molar-refractivity contribution in [2.75, 3.05) is 25.5 Å². The summed E-state index contributed by atoms with van der Waals surface area (Å²) in [5, 5.41) is 7.47. The Morgan fingerprint density at radius 1 is 1.07 bits per heavy atom. The minimum Gasteiger partial charge on any atom is -0.493 e. The number of rotatable bonds is 5. The summed E-state index contributed by atoms with van der Waals surface area (Å²) in [5.74, 6) is 2.29. The lowest BCUT2D eigenvalue weighted by molar-refractivity contribution is 0.112. The summed E-state index contributed by atoms with van der Waals surface area (Å²) in [4.78, 5) is 14.6. The Kier molecular flexibility index (Phi) is 5.69. The molecule has 0 bridgehead atoms. The van der Waals surface area contributed by atoms with Crippen molar-refractivity contribution in [1.29, 1.82) is 0 Å². The van der Waals surface area contributed by atoms with E-state index in [1.54, 1.807) is 13.3 Å². The molecule has 2 heterocycles. The molecule has 0 radical (unpaired) electrons. The molecule has 0 unspecified atom stereocenters. The van der Waals surface area contributed by atoms with Gasteiger partial charge in [-0.15, -0.1) is 0 Å². The van der Waals surface area contributed by atoms with Gasteiger partial charge in [-0.3, -0.25) is 5.32 Å². The molecule has 7 heteroatoms. The lowest BCUT2D eigenvalue weighted by Gasteiger charge is -2.32. The van der Waals surface area contributed by atoms with Crippen molar-refractivity contribution in [1.82, 2.24) is 14.7 Å². The van der Waals surface area contributed by atoms with Crippen LogP contribution in [0.5, 0.6) is 11.5 Å². The van der Waals surface area contributed by atoms with Crippen molar-refractivity contribution in [3.63, 3.8) is 0 Å². The van der Waals surface area contributed by atoms with Gasteiger partial charge < -0.3 is 14.4 Å². The number of benzene rings is 1. The molecule has 2 aliphatic rings. The van der Waals surface area contributed by atoms with Crippen LogP contribution in [0, 0.1) is 0 Å². The van der Waals surface area contributed by atoms with Crippen LogP contribution in [-0.2, 0) is 0 Å². The van der Waals surface area contributed by atoms with E-state index in [1.807, 2.05) is 39.9 Å². The first kappa shape index (κ1) is 18.7. The predicted molar refractivity (Wildman–Crippen MR) is 107 cm³/mol. The van der Waals surface area contributed by atoms with E-state index >= 15 is 0 Å². The number of aromatic nitrogens is 2. The number of urea groups is 1. The summed E-state index contributed by atoms with van der Waals surface area (Å²) in [6.45, 7) is 1.34. The maximum atomic E-state index is 12.7. The summed E-state index contributed by atoms with van der Waals surface area (Å²) < 4.78 is 13.4. The zero-order valence-corrected chi connectivity index (χ0v) is 16.3. The number of ether oxygens (including phenoxy) is 2. The number of amides is 2. The number of anilines is 1. The van der Waals surface area contributed by atoms with E-state index in [4.69, 9.17) is 9.47 Å². The van der Waals surface area contributed by atoms with Crippen molar-refractivity contribution in [3.8, 4) is 11.5 Å². The Hall–Kier alpha value is -2.70. The number of nitrogens with zero attached hydrogens (tertiary/aromatic N) is 3. The third-order valence-corrected chi connectivity index (χ3v) is 5.67. The third-order valence-electron chi connectivity index (χ3n) is 5.67. The van der Waals surface area contributed by atoms with E-state index in [2.05, 4.69) is 10.4 Å². The highest BCUT2D eigenvalue weighted by Gasteiger charge is 2.26. The zero-order valence-electron chi connectivity index (χ0n) is 16.3. The smallest absolute Gasteiger partial charge is 0.323 e. The molecule has 1 aliphatic heterocycles. The standard InChI is InChI=1S/C21H28N4O3/c1-27-18-8-4-5-9-19(18)28-17-11-14-24(15-12-17)21(26)23-20-10-13-22-25(20)16-6-2-3-7-16/h4-5,8-10,13,16-17H,2-3,6-7,11-12,14-15H2,1H3,(H,23,26). The molecule has 1 aromatic heterocycles. The molecular weight excluding hydrogens is 356 g/mol. The van der Waals surface area contributed by atoms with E-state index < -0.39 is 0 Å². The number of nitrogens with one attached hydrogen (secondary N) is 1. The van der Waals surface area contributed by atoms with Gasteiger partial charge in [0, 0.05) is 32.0 Å². The van der Waals surface area contributed by atoms with Crippen molar-refractivity contribution >= 4 is 11.8 Å². The Labute approximate surface area is 165 Å². The van der Waals surface area contributed by atoms with Crippen LogP contribution in [-0.4, -0.2) is 47.0 Å². The molecule has 150 valence electrons. The fourth-order valence-electron chi connectivity index (χ4n) is 4.11. The van der Waals surface area contributed by atoms with Crippen molar-refractivity contribution in [2.24, 2.45) is 0 Å². The van der Waals surface area contributed by atoms with Crippen LogP contribution in [0.15, 0.2) is 36.5 Å². The Morgan fingerprint density at radius 2 is 1.79 bits per heavy atom. The van der Waals surface area contributed by atoms with Gasteiger partial charge in [0.2, 0.25) is 0 Å². The number of methoxy groups -OCH3 is 1. The van der Waals surface area contributed by atoms with Crippen molar-refractivity contribution < 1.29 is 14.3 Å². The second kappa shape index (κ2) is 8.54. The average Bonchev–Trinajstić information content (AvgIpc) is 3.40. The first-order valence-corrected chi connectivity index (χ1v) is 10.1. The molecule has 2 amide bonds. The lowest BCUT2D eigenvalue weighted by Crippen LogP contribution is -2.44. The molecule has 1 saturated heterocycles. The zero-order chi connectivity index (χ0) is 19.3. The number of piperidine rings is 1. The van der Waals surface area contributed by atoms with Gasteiger partial charge >= 0.3 is 6.03 Å². The normalized spacial score (nSPS) is 18.2. The molecule has 4 rings (SSSR count). The van der Waals surface area contributed by atoms with Crippen LogP contribution < -0.4 is 14.8 Å². The number of carbonyl (C=O) groups excluding carboxylic acids is 1. The van der Waals surface area contributed by atoms with Gasteiger partial charge in [-0.25, -0.2) is 9.48 Å². The highest BCUT2D eigenvalue weighted by Crippen LogP contribution is 2.32. The van der Waals surface area contributed by atoms with Gasteiger partial charge in [-0.2, -0.15) is 5.10 Å². The highest BCUT2D eigenvalue weighted by atomic mass is 16.5. The van der Waals surface area contributed by atoms with E-state index in [0.717, 1.165) is 43.0 Å². The van der Waals surface area contributed by atoms with Gasteiger partial charge in [0.25, 0.3) is 0 Å². The molecule has 7 nitrogen and oxygen atoms in total. The van der Waals surface area contributed by atoms with E-state index in [0.29, 0.717) is 19.1 Å². The SMILES string of the molecule is COc1ccccc1OC1CCN(C(=O)Nc2ccnn2C2CCCC2)CC1. The topological polar surface area (TPSA) is 68.6 Å². The lowest BCUT2D eigenvalue weighted by atomic mass is 10.1. The average molecular weight is 384 g/mol. The Morgan fingerprint density at radius 3 is 2.50 bits per heavy atom. The van der Waals surface area contributed by atoms with Gasteiger partial charge in [0.05, 0.1) is 19.3 Å². The summed E-state index contributed by atoms with van der Waals surface area (Å²) in [6.07, 6.45) is 8.19. The van der Waals surface area contributed by atoms with Crippen LogP contribution in [0.3, 0.4) is 0 Å². The third kappa shape index (κ3) is 4.08. The van der Waals surface area contributed by atoms with E-state index in [-0.39, 0.29) is 12.1 Å². The van der Waals surface area contributed by atoms with Crippen LogP contribution in [0.2, 0.25) is 0 Å². The highest BCUT2D eigenvalue weighted by molar-refractivity contribution is 5.88. The molecule has 1 saturated carbocycles. The van der Waals surface area contributed by atoms with E-state index in [1.165, 1.54) is 12.8 Å². The Balaban J connectivity index is 1.30. The van der Waals surface area contributed by atoms with Gasteiger partial charge in [0.1, 0.15) is 11.9 Å². The first-order chi connectivity index (χ1) is 13.7. The molecule has 1 N–H and O–H groups in total. The first-order valence-electron chi connectivity index (χ1n) is 10.1. The number of likely N-dealkylation sites (tertiary alicyclic amines) is 1. The van der Waals surface area contributed by atoms with Crippen LogP contribution in [0.4, 0.5) is 10.6 Å². The number of hydrogen-bond donors (Lipinski definition) is 1. The second-order valence-corrected chi connectivity index (χ2v) is 7.48. The monoisotopic (exact) mass is 384 g/mol. The van der Waals surface area contributed by atoms with Crippen LogP contribution >= 0.6 is 0 Å². The molecule has 2 aromatic rings. The number of carbonyl (C=O) groups is 1. The van der Waals surface area contributed by atoms with E-state index in [9.17, 15) is 4.79 Å². The molecule has 1 aromatic carbocycles. The van der Waals surface area contributed by atoms with Crippen molar-refractivity contribution in [3.05, 3.63) is 36.5 Å². The quantitative estimate of drug-likeness (QED) is 0.843. The Bertz CT molecular complexity index is 792. The maximum absolute atomic E-state index is 12.7. The second-order valence-electron chi connectivity index (χ2n) is 7.48. The van der Waals surface area contributed by atoms with Gasteiger partial charge in [-0.05, 0) is 25.0 Å². The fourth-order valence-corrected chi connectivity index (χ4v) is 4.11. The van der Waals surface area contributed by atoms with Crippen molar-refractivity contribution in [2.45, 2.75) is 50.7 Å². The summed E-state index contributed by atoms with van der Waals surface area (Å²) >= 11 is 0. The molecule has 0 atom stereocenters. The number of para-hydroxylation sites is 2. The molecular formula is C21H28N4O3. The largest absolute Gasteiger partial charge is 0.493 e. The molecule has 1 aliphatic carbocycles. The van der Waals surface area contributed by atoms with Crippen LogP contribution in [0.1, 0.15) is 44.6 Å². The maximum Gasteiger partial charge on any atom is 0.323 e. The van der Waals surface area contributed by atoms with Gasteiger partial charge in [0.15, 0.2) is 11.5 Å². The predicted octanol–water partition coefficient (Wildman–Crippen LogP) is 4.08. The van der Waals surface area contributed by atoms with Crippen LogP contribution in [0.25, 0.3) is 0 Å². The summed E-state index contributed by atoms with van der Waals surface area (Å²) in [6, 6.07) is 9.91. The molecule has 2 fully saturated rings.